The van der Waals surface area contributed by atoms with E-state index in [9.17, 15) is 9.36 Å². The molecule has 1 aliphatic rings. The minimum absolute atomic E-state index is 0.0690. The second kappa shape index (κ2) is 5.87. The largest absolute Gasteiger partial charge is 0.351 e. The SMILES string of the molecule is NC1NC(=O)c2[nH]cnc2N1COCOCP(=O)(O)O. The zero-order valence-corrected chi connectivity index (χ0v) is 11.1. The number of hydrogen-bond acceptors (Lipinski definition) is 7. The van der Waals surface area contributed by atoms with Gasteiger partial charge in [-0.2, -0.15) is 0 Å². The zero-order valence-electron chi connectivity index (χ0n) is 10.2. The van der Waals surface area contributed by atoms with Gasteiger partial charge >= 0.3 is 7.60 Å². The molecular weight excluding hydrogens is 293 g/mol. The number of nitrogens with one attached hydrogen (secondary N) is 2. The molecule has 1 atom stereocenters. The van der Waals surface area contributed by atoms with Crippen LogP contribution in [0, 0.1) is 0 Å². The van der Waals surface area contributed by atoms with E-state index < -0.39 is 20.2 Å². The van der Waals surface area contributed by atoms with Gasteiger partial charge in [-0.05, 0) is 0 Å². The molecule has 0 aliphatic carbocycles. The first-order valence-corrected chi connectivity index (χ1v) is 7.25. The molecular formula is C8H14N5O6P. The Bertz CT molecular complexity index is 529. The van der Waals surface area contributed by atoms with Crippen LogP contribution in [0.2, 0.25) is 0 Å². The van der Waals surface area contributed by atoms with Crippen molar-refractivity contribution in [2.45, 2.75) is 6.29 Å². The van der Waals surface area contributed by atoms with Gasteiger partial charge in [0.15, 0.2) is 18.5 Å². The number of amides is 1. The zero-order chi connectivity index (χ0) is 14.8. The maximum atomic E-state index is 11.5. The van der Waals surface area contributed by atoms with E-state index >= 15 is 0 Å². The van der Waals surface area contributed by atoms with Gasteiger partial charge < -0.3 is 29.6 Å². The molecule has 0 spiro atoms. The fourth-order valence-corrected chi connectivity index (χ4v) is 1.89. The molecule has 1 aliphatic heterocycles. The van der Waals surface area contributed by atoms with Crippen molar-refractivity contribution in [3.63, 3.8) is 0 Å². The summed E-state index contributed by atoms with van der Waals surface area (Å²) in [6, 6.07) is 0. The number of carbonyl (C=O) groups excluding carboxylic acids is 1. The topological polar surface area (TPSA) is 163 Å². The van der Waals surface area contributed by atoms with Crippen molar-refractivity contribution in [3.8, 4) is 0 Å². The Morgan fingerprint density at radius 3 is 2.95 bits per heavy atom. The average Bonchev–Trinajstić information content (AvgIpc) is 2.80. The molecule has 20 heavy (non-hydrogen) atoms. The van der Waals surface area contributed by atoms with Gasteiger partial charge in [-0.25, -0.2) is 4.98 Å². The average molecular weight is 307 g/mol. The number of carbonyl (C=O) groups is 1. The normalized spacial score (nSPS) is 18.9. The van der Waals surface area contributed by atoms with Gasteiger partial charge in [0.05, 0.1) is 6.33 Å². The van der Waals surface area contributed by atoms with E-state index in [4.69, 9.17) is 20.3 Å². The third kappa shape index (κ3) is 3.54. The molecule has 0 radical (unpaired) electrons. The van der Waals surface area contributed by atoms with Crippen LogP contribution in [0.3, 0.4) is 0 Å². The summed E-state index contributed by atoms with van der Waals surface area (Å²) in [5.41, 5.74) is 5.98. The molecule has 2 rings (SSSR count). The first-order chi connectivity index (χ1) is 9.38. The van der Waals surface area contributed by atoms with Crippen molar-refractivity contribution in [2.75, 3.05) is 24.8 Å². The van der Waals surface area contributed by atoms with Crippen molar-refractivity contribution in [2.24, 2.45) is 5.73 Å². The van der Waals surface area contributed by atoms with Crippen molar-refractivity contribution in [1.29, 1.82) is 0 Å². The van der Waals surface area contributed by atoms with Crippen molar-refractivity contribution >= 4 is 19.3 Å². The summed E-state index contributed by atoms with van der Waals surface area (Å²) in [5, 5.41) is 2.48. The van der Waals surface area contributed by atoms with E-state index in [2.05, 4.69) is 20.0 Å². The highest BCUT2D eigenvalue weighted by Gasteiger charge is 2.30. The molecule has 1 unspecified atom stereocenters. The van der Waals surface area contributed by atoms with Crippen LogP contribution in [0.4, 0.5) is 5.82 Å². The molecule has 0 fully saturated rings. The Kier molecular flexibility index (Phi) is 4.38. The predicted molar refractivity (Wildman–Crippen MR) is 65.3 cm³/mol. The molecule has 0 aromatic carbocycles. The number of imidazole rings is 1. The van der Waals surface area contributed by atoms with E-state index in [0.717, 1.165) is 0 Å². The third-order valence-corrected chi connectivity index (χ3v) is 2.91. The van der Waals surface area contributed by atoms with Crippen molar-refractivity contribution in [1.82, 2.24) is 15.3 Å². The summed E-state index contributed by atoms with van der Waals surface area (Å²) in [6.45, 7) is -0.400. The number of rotatable bonds is 6. The smallest absolute Gasteiger partial charge is 0.343 e. The van der Waals surface area contributed by atoms with Gasteiger partial charge in [0.1, 0.15) is 19.2 Å². The summed E-state index contributed by atoms with van der Waals surface area (Å²) >= 11 is 0. The number of hydrogen-bond donors (Lipinski definition) is 5. The standard InChI is InChI=1S/C8H14N5O6P/c9-8-12-7(14)5-6(11-1-10-5)13(8)2-18-3-19-4-20(15,16)17/h1,8H,2-4,9H2,(H,10,11)(H,12,14)(H2,15,16,17). The van der Waals surface area contributed by atoms with Gasteiger partial charge in [-0.15, -0.1) is 0 Å². The van der Waals surface area contributed by atoms with Crippen LogP contribution in [0.25, 0.3) is 0 Å². The van der Waals surface area contributed by atoms with Crippen LogP contribution >= 0.6 is 7.60 Å². The first kappa shape index (κ1) is 14.9. The lowest BCUT2D eigenvalue weighted by Crippen LogP contribution is -2.58. The lowest BCUT2D eigenvalue weighted by molar-refractivity contribution is -0.0435. The van der Waals surface area contributed by atoms with Crippen LogP contribution in [0.5, 0.6) is 0 Å². The molecule has 1 aromatic rings. The summed E-state index contributed by atoms with van der Waals surface area (Å²) in [7, 11) is -4.22. The molecule has 112 valence electrons. The summed E-state index contributed by atoms with van der Waals surface area (Å²) in [5.74, 6) is -0.0461. The molecule has 2 heterocycles. The number of anilines is 1. The second-order valence-electron chi connectivity index (χ2n) is 3.94. The monoisotopic (exact) mass is 307 g/mol. The van der Waals surface area contributed by atoms with Gasteiger partial charge in [-0.1, -0.05) is 0 Å². The lowest BCUT2D eigenvalue weighted by atomic mass is 10.3. The molecule has 1 aromatic heterocycles. The number of nitrogens with two attached hydrogens (primary N) is 1. The molecule has 0 saturated carbocycles. The fraction of sp³-hybridized carbons (Fsp3) is 0.500. The maximum Gasteiger partial charge on any atom is 0.351 e. The molecule has 11 nitrogen and oxygen atoms in total. The fourth-order valence-electron chi connectivity index (χ4n) is 1.58. The second-order valence-corrected chi connectivity index (χ2v) is 5.53. The van der Waals surface area contributed by atoms with Crippen LogP contribution < -0.4 is 16.0 Å². The highest BCUT2D eigenvalue weighted by Crippen LogP contribution is 2.33. The first-order valence-electron chi connectivity index (χ1n) is 5.45. The maximum absolute atomic E-state index is 11.5. The van der Waals surface area contributed by atoms with E-state index in [1.165, 1.54) is 11.2 Å². The molecule has 12 heteroatoms. The number of fused-ring (bicyclic) bond motifs is 1. The minimum atomic E-state index is -4.22. The van der Waals surface area contributed by atoms with Gasteiger partial charge in [0, 0.05) is 0 Å². The van der Waals surface area contributed by atoms with Gasteiger partial charge in [0.25, 0.3) is 5.91 Å². The summed E-state index contributed by atoms with van der Waals surface area (Å²) < 4.78 is 20.3. The molecule has 0 bridgehead atoms. The Labute approximate surface area is 113 Å². The van der Waals surface area contributed by atoms with E-state index in [1.54, 1.807) is 0 Å². The van der Waals surface area contributed by atoms with Crippen molar-refractivity contribution < 1.29 is 28.6 Å². The summed E-state index contributed by atoms with van der Waals surface area (Å²) in [4.78, 5) is 36.8. The highest BCUT2D eigenvalue weighted by molar-refractivity contribution is 7.51. The Hall–Kier alpha value is -1.49. The van der Waals surface area contributed by atoms with E-state index in [1.807, 2.05) is 0 Å². The van der Waals surface area contributed by atoms with Crippen LogP contribution in [-0.4, -0.2) is 51.8 Å². The number of aromatic nitrogens is 2. The lowest BCUT2D eigenvalue weighted by Gasteiger charge is -2.33. The Morgan fingerprint density at radius 2 is 2.25 bits per heavy atom. The quantitative estimate of drug-likeness (QED) is 0.234. The Morgan fingerprint density at radius 1 is 1.50 bits per heavy atom. The van der Waals surface area contributed by atoms with E-state index in [0.29, 0.717) is 5.82 Å². The minimum Gasteiger partial charge on any atom is -0.343 e. The highest BCUT2D eigenvalue weighted by atomic mass is 31.2. The van der Waals surface area contributed by atoms with Crippen molar-refractivity contribution in [3.05, 3.63) is 12.0 Å². The number of nitrogens with zero attached hydrogens (tertiary/aromatic N) is 2. The predicted octanol–water partition coefficient (Wildman–Crippen LogP) is -1.71. The van der Waals surface area contributed by atoms with Gasteiger partial charge in [-0.3, -0.25) is 20.0 Å². The number of aromatic amines is 1. The molecule has 1 amide bonds. The van der Waals surface area contributed by atoms with Crippen LogP contribution in [0.15, 0.2) is 6.33 Å². The number of ether oxygens (including phenoxy) is 2. The third-order valence-electron chi connectivity index (χ3n) is 2.39. The molecule has 6 N–H and O–H groups in total. The van der Waals surface area contributed by atoms with Gasteiger partial charge in [0.2, 0.25) is 0 Å². The Balaban J connectivity index is 1.86. The van der Waals surface area contributed by atoms with Crippen LogP contribution in [-0.2, 0) is 14.0 Å². The molecule has 0 saturated heterocycles. The van der Waals surface area contributed by atoms with E-state index in [-0.39, 0.29) is 25.1 Å². The summed E-state index contributed by atoms with van der Waals surface area (Å²) in [6.07, 6.45) is -0.205. The number of H-pyrrole nitrogens is 1. The van der Waals surface area contributed by atoms with Crippen LogP contribution in [0.1, 0.15) is 10.5 Å².